The Morgan fingerprint density at radius 2 is 2.38 bits per heavy atom. The second-order valence-electron chi connectivity index (χ2n) is 4.00. The second-order valence-corrected chi connectivity index (χ2v) is 4.89. The van der Waals surface area contributed by atoms with E-state index in [1.54, 1.807) is 11.4 Å². The first-order chi connectivity index (χ1) is 7.49. The summed E-state index contributed by atoms with van der Waals surface area (Å²) in [5.41, 5.74) is 2.07. The van der Waals surface area contributed by atoms with Crippen molar-refractivity contribution in [2.24, 2.45) is 0 Å². The normalized spacial score (nSPS) is 12.1. The Labute approximate surface area is 99.1 Å². The minimum atomic E-state index is -0.357. The summed E-state index contributed by atoms with van der Waals surface area (Å²) < 4.78 is 0. The van der Waals surface area contributed by atoms with Gasteiger partial charge in [-0.3, -0.25) is 10.1 Å². The molecule has 0 aromatic carbocycles. The molecule has 0 saturated carbocycles. The van der Waals surface area contributed by atoms with Crippen LogP contribution in [0.2, 0.25) is 0 Å². The van der Waals surface area contributed by atoms with Gasteiger partial charge in [0, 0.05) is 24.0 Å². The Hall–Kier alpha value is -1.20. The fourth-order valence-electron chi connectivity index (χ4n) is 1.21. The highest BCUT2D eigenvalue weighted by atomic mass is 32.1. The molecule has 0 radical (unpaired) electrons. The minimum absolute atomic E-state index is 0.191. The molecule has 1 aromatic rings. The van der Waals surface area contributed by atoms with Gasteiger partial charge in [-0.15, -0.1) is 0 Å². The van der Waals surface area contributed by atoms with Crippen molar-refractivity contribution in [2.75, 3.05) is 6.54 Å². The third kappa shape index (κ3) is 4.12. The van der Waals surface area contributed by atoms with Gasteiger partial charge >= 0.3 is 5.00 Å². The number of rotatable bonds is 5. The quantitative estimate of drug-likeness (QED) is 0.635. The maximum absolute atomic E-state index is 10.5. The van der Waals surface area contributed by atoms with Crippen LogP contribution in [0.5, 0.6) is 0 Å². The molecule has 1 N–H and O–H groups in total. The average Bonchev–Trinajstić information content (AvgIpc) is 2.63. The van der Waals surface area contributed by atoms with Crippen LogP contribution in [0.3, 0.4) is 0 Å². The largest absolute Gasteiger partial charge is 0.324 e. The van der Waals surface area contributed by atoms with Gasteiger partial charge in [-0.25, -0.2) is 0 Å². The fraction of sp³-hybridized carbons (Fsp3) is 0.455. The molecule has 0 unspecified atom stereocenters. The summed E-state index contributed by atoms with van der Waals surface area (Å²) in [5, 5.41) is 15.8. The highest BCUT2D eigenvalue weighted by Crippen LogP contribution is 2.24. The molecule has 0 aliphatic heterocycles. The second kappa shape index (κ2) is 5.77. The first-order valence-corrected chi connectivity index (χ1v) is 6.00. The van der Waals surface area contributed by atoms with E-state index in [4.69, 9.17) is 0 Å². The van der Waals surface area contributed by atoms with Crippen LogP contribution in [0, 0.1) is 10.1 Å². The van der Waals surface area contributed by atoms with E-state index < -0.39 is 0 Å². The Kier molecular flexibility index (Phi) is 4.64. The van der Waals surface area contributed by atoms with E-state index in [1.165, 1.54) is 5.57 Å². The first-order valence-electron chi connectivity index (χ1n) is 5.12. The van der Waals surface area contributed by atoms with Crippen molar-refractivity contribution in [3.63, 3.8) is 0 Å². The number of nitro groups is 1. The van der Waals surface area contributed by atoms with Crippen LogP contribution in [-0.2, 0) is 0 Å². The summed E-state index contributed by atoms with van der Waals surface area (Å²) in [4.78, 5) is 10.1. The zero-order valence-electron chi connectivity index (χ0n) is 9.69. The molecule has 0 bridgehead atoms. The Morgan fingerprint density at radius 3 is 2.88 bits per heavy atom. The Balaban J connectivity index is 2.63. The van der Waals surface area contributed by atoms with E-state index in [0.29, 0.717) is 6.04 Å². The molecule has 4 nitrogen and oxygen atoms in total. The molecular weight excluding hydrogens is 224 g/mol. The number of hydrogen-bond acceptors (Lipinski definition) is 4. The predicted octanol–water partition coefficient (Wildman–Crippen LogP) is 3.06. The van der Waals surface area contributed by atoms with Crippen molar-refractivity contribution < 1.29 is 4.92 Å². The molecule has 16 heavy (non-hydrogen) atoms. The molecule has 0 aliphatic carbocycles. The summed E-state index contributed by atoms with van der Waals surface area (Å²) in [6.45, 7) is 6.99. The highest BCUT2D eigenvalue weighted by Gasteiger charge is 2.07. The summed E-state index contributed by atoms with van der Waals surface area (Å²) in [6.07, 6.45) is 1.97. The molecule has 88 valence electrons. The number of hydrogen-bond donors (Lipinski definition) is 1. The van der Waals surface area contributed by atoms with Gasteiger partial charge in [0.1, 0.15) is 0 Å². The number of thiophene rings is 1. The summed E-state index contributed by atoms with van der Waals surface area (Å²) >= 11 is 1.16. The molecule has 0 atom stereocenters. The van der Waals surface area contributed by atoms with E-state index in [1.807, 2.05) is 13.0 Å². The predicted molar refractivity (Wildman–Crippen MR) is 67.8 cm³/mol. The third-order valence-corrected chi connectivity index (χ3v) is 2.89. The van der Waals surface area contributed by atoms with E-state index >= 15 is 0 Å². The van der Waals surface area contributed by atoms with Gasteiger partial charge in [0.25, 0.3) is 0 Å². The number of nitrogens with zero attached hydrogens (tertiary/aromatic N) is 1. The van der Waals surface area contributed by atoms with Gasteiger partial charge in [0.15, 0.2) is 0 Å². The van der Waals surface area contributed by atoms with Crippen molar-refractivity contribution in [3.05, 3.63) is 32.7 Å². The molecule has 1 rings (SSSR count). The van der Waals surface area contributed by atoms with Crippen LogP contribution in [0.25, 0.3) is 6.08 Å². The maximum Gasteiger partial charge on any atom is 0.324 e. The van der Waals surface area contributed by atoms with Gasteiger partial charge < -0.3 is 5.32 Å². The van der Waals surface area contributed by atoms with Crippen molar-refractivity contribution in [1.29, 1.82) is 0 Å². The van der Waals surface area contributed by atoms with Crippen LogP contribution in [0.15, 0.2) is 17.0 Å². The van der Waals surface area contributed by atoms with E-state index in [0.717, 1.165) is 23.4 Å². The monoisotopic (exact) mass is 240 g/mol. The van der Waals surface area contributed by atoms with Crippen LogP contribution >= 0.6 is 11.3 Å². The average molecular weight is 240 g/mol. The molecule has 1 aromatic heterocycles. The van der Waals surface area contributed by atoms with Crippen molar-refractivity contribution >= 4 is 22.4 Å². The van der Waals surface area contributed by atoms with Crippen LogP contribution in [-0.4, -0.2) is 17.5 Å². The zero-order valence-corrected chi connectivity index (χ0v) is 10.5. The van der Waals surface area contributed by atoms with Gasteiger partial charge in [-0.1, -0.05) is 36.8 Å². The lowest BCUT2D eigenvalue weighted by Crippen LogP contribution is -2.24. The zero-order chi connectivity index (χ0) is 12.1. The molecule has 5 heteroatoms. The Bertz CT molecular complexity index is 396. The SMILES string of the molecule is CC(=Cc1csc([N+](=O)[O-])c1)CNC(C)C. The molecule has 0 saturated heterocycles. The fourth-order valence-corrected chi connectivity index (χ4v) is 1.89. The standard InChI is InChI=1S/C11H16N2O2S/c1-8(2)12-6-9(3)4-10-5-11(13(14)15)16-7-10/h4-5,7-8,12H,6H2,1-3H3. The maximum atomic E-state index is 10.5. The molecule has 1 heterocycles. The van der Waals surface area contributed by atoms with Crippen molar-refractivity contribution in [3.8, 4) is 0 Å². The van der Waals surface area contributed by atoms with Crippen LogP contribution in [0.4, 0.5) is 5.00 Å². The van der Waals surface area contributed by atoms with E-state index in [-0.39, 0.29) is 9.92 Å². The van der Waals surface area contributed by atoms with Crippen LogP contribution < -0.4 is 5.32 Å². The van der Waals surface area contributed by atoms with Gasteiger partial charge in [-0.05, 0) is 12.5 Å². The number of nitrogens with one attached hydrogen (secondary N) is 1. The van der Waals surface area contributed by atoms with Gasteiger partial charge in [-0.2, -0.15) is 0 Å². The summed E-state index contributed by atoms with van der Waals surface area (Å²) in [7, 11) is 0. The third-order valence-electron chi connectivity index (χ3n) is 1.99. The molecule has 0 fully saturated rings. The summed E-state index contributed by atoms with van der Waals surface area (Å²) in [5.74, 6) is 0. The van der Waals surface area contributed by atoms with Crippen molar-refractivity contribution in [2.45, 2.75) is 26.8 Å². The lowest BCUT2D eigenvalue weighted by molar-refractivity contribution is -0.380. The smallest absolute Gasteiger partial charge is 0.311 e. The minimum Gasteiger partial charge on any atom is -0.311 e. The first kappa shape index (κ1) is 12.9. The molecular formula is C11H16N2O2S. The molecule has 0 spiro atoms. The Morgan fingerprint density at radius 1 is 1.69 bits per heavy atom. The molecule has 0 aliphatic rings. The van der Waals surface area contributed by atoms with E-state index in [9.17, 15) is 10.1 Å². The van der Waals surface area contributed by atoms with Gasteiger partial charge in [0.05, 0.1) is 4.92 Å². The summed E-state index contributed by atoms with van der Waals surface area (Å²) in [6, 6.07) is 2.05. The van der Waals surface area contributed by atoms with E-state index in [2.05, 4.69) is 19.2 Å². The highest BCUT2D eigenvalue weighted by molar-refractivity contribution is 7.13. The lowest BCUT2D eigenvalue weighted by Gasteiger charge is -2.07. The topological polar surface area (TPSA) is 55.2 Å². The van der Waals surface area contributed by atoms with Crippen molar-refractivity contribution in [1.82, 2.24) is 5.32 Å². The van der Waals surface area contributed by atoms with Crippen LogP contribution in [0.1, 0.15) is 26.3 Å². The lowest BCUT2D eigenvalue weighted by atomic mass is 10.2. The molecule has 0 amide bonds. The van der Waals surface area contributed by atoms with Gasteiger partial charge in [0.2, 0.25) is 0 Å².